The molecule has 0 amide bonds. The van der Waals surface area contributed by atoms with Crippen molar-refractivity contribution < 1.29 is 0 Å². The van der Waals surface area contributed by atoms with Crippen LogP contribution in [0.3, 0.4) is 0 Å². The lowest BCUT2D eigenvalue weighted by atomic mass is 10.2. The lowest BCUT2D eigenvalue weighted by Gasteiger charge is -2.14. The first-order chi connectivity index (χ1) is 7.15. The largest absolute Gasteiger partial charge is 0.365 e. The molecular formula is C10H13BrClN3. The molecule has 5 heteroatoms. The smallest absolute Gasteiger partial charge is 0.145 e. The van der Waals surface area contributed by atoms with E-state index < -0.39 is 0 Å². The molecule has 1 atom stereocenters. The van der Waals surface area contributed by atoms with Crippen molar-refractivity contribution in [2.24, 2.45) is 0 Å². The molecule has 0 radical (unpaired) electrons. The fourth-order valence-electron chi connectivity index (χ4n) is 1.77. The zero-order chi connectivity index (χ0) is 10.8. The number of pyridine rings is 1. The molecule has 0 bridgehead atoms. The molecule has 2 heterocycles. The first-order valence-corrected chi connectivity index (χ1v) is 6.08. The summed E-state index contributed by atoms with van der Waals surface area (Å²) in [5, 5.41) is 4.03. The number of hydrogen-bond acceptors (Lipinski definition) is 3. The summed E-state index contributed by atoms with van der Waals surface area (Å²) < 4.78 is 0.904. The molecule has 1 aromatic rings. The maximum absolute atomic E-state index is 6.08. The van der Waals surface area contributed by atoms with Gasteiger partial charge in [-0.2, -0.15) is 0 Å². The standard InChI is InChI=1S/C10H13BrClN3/c1-15-3-2-8(6-15)14-10-9(12)4-7(11)5-13-10/h4-5,8H,2-3,6H2,1H3,(H,13,14). The van der Waals surface area contributed by atoms with E-state index in [0.717, 1.165) is 29.8 Å². The molecule has 0 aliphatic carbocycles. The third-order valence-electron chi connectivity index (χ3n) is 2.54. The summed E-state index contributed by atoms with van der Waals surface area (Å²) in [6.07, 6.45) is 2.90. The SMILES string of the molecule is CN1CCC(Nc2ncc(Br)cc2Cl)C1. The number of anilines is 1. The molecule has 1 saturated heterocycles. The van der Waals surface area contributed by atoms with E-state index in [-0.39, 0.29) is 0 Å². The second kappa shape index (κ2) is 4.68. The van der Waals surface area contributed by atoms with Crippen LogP contribution in [0.4, 0.5) is 5.82 Å². The van der Waals surface area contributed by atoms with Crippen molar-refractivity contribution in [1.82, 2.24) is 9.88 Å². The number of nitrogens with one attached hydrogen (secondary N) is 1. The van der Waals surface area contributed by atoms with Crippen LogP contribution in [0.5, 0.6) is 0 Å². The number of rotatable bonds is 2. The van der Waals surface area contributed by atoms with Gasteiger partial charge in [-0.3, -0.25) is 0 Å². The van der Waals surface area contributed by atoms with Gasteiger partial charge in [0.2, 0.25) is 0 Å². The number of hydrogen-bond donors (Lipinski definition) is 1. The van der Waals surface area contributed by atoms with Gasteiger partial charge < -0.3 is 10.2 Å². The molecule has 1 N–H and O–H groups in total. The maximum atomic E-state index is 6.08. The predicted molar refractivity (Wildman–Crippen MR) is 66.5 cm³/mol. The molecule has 3 nitrogen and oxygen atoms in total. The molecule has 82 valence electrons. The summed E-state index contributed by atoms with van der Waals surface area (Å²) in [4.78, 5) is 6.55. The molecule has 1 aliphatic rings. The van der Waals surface area contributed by atoms with E-state index in [4.69, 9.17) is 11.6 Å². The van der Waals surface area contributed by atoms with E-state index in [2.05, 4.69) is 38.2 Å². The maximum Gasteiger partial charge on any atom is 0.145 e. The average Bonchev–Trinajstić information content (AvgIpc) is 2.56. The summed E-state index contributed by atoms with van der Waals surface area (Å²) in [5.74, 6) is 0.778. The molecule has 1 fully saturated rings. The number of aromatic nitrogens is 1. The van der Waals surface area contributed by atoms with Crippen LogP contribution in [-0.4, -0.2) is 36.1 Å². The van der Waals surface area contributed by atoms with Gasteiger partial charge in [0, 0.05) is 23.3 Å². The third kappa shape index (κ3) is 2.83. The van der Waals surface area contributed by atoms with E-state index in [1.807, 2.05) is 6.07 Å². The molecule has 2 rings (SSSR count). The Balaban J connectivity index is 2.04. The summed E-state index contributed by atoms with van der Waals surface area (Å²) in [7, 11) is 2.12. The predicted octanol–water partition coefficient (Wildman–Crippen LogP) is 2.61. The third-order valence-corrected chi connectivity index (χ3v) is 3.26. The van der Waals surface area contributed by atoms with Crippen LogP contribution < -0.4 is 5.32 Å². The monoisotopic (exact) mass is 289 g/mol. The van der Waals surface area contributed by atoms with Gasteiger partial charge in [0.05, 0.1) is 5.02 Å². The van der Waals surface area contributed by atoms with E-state index >= 15 is 0 Å². The van der Waals surface area contributed by atoms with Crippen molar-refractivity contribution in [3.8, 4) is 0 Å². The fraction of sp³-hybridized carbons (Fsp3) is 0.500. The number of nitrogens with zero attached hydrogens (tertiary/aromatic N) is 2. The van der Waals surface area contributed by atoms with Crippen molar-refractivity contribution >= 4 is 33.3 Å². The van der Waals surface area contributed by atoms with E-state index in [0.29, 0.717) is 11.1 Å². The minimum atomic E-state index is 0.459. The van der Waals surface area contributed by atoms with Crippen LogP contribution in [-0.2, 0) is 0 Å². The number of likely N-dealkylation sites (tertiary alicyclic amines) is 1. The zero-order valence-corrected chi connectivity index (χ0v) is 10.8. The molecule has 1 unspecified atom stereocenters. The second-order valence-electron chi connectivity index (χ2n) is 3.88. The Morgan fingerprint density at radius 1 is 1.67 bits per heavy atom. The summed E-state index contributed by atoms with van der Waals surface area (Å²) in [6, 6.07) is 2.32. The van der Waals surface area contributed by atoms with Gasteiger partial charge in [-0.25, -0.2) is 4.98 Å². The molecule has 1 aromatic heterocycles. The normalized spacial score (nSPS) is 21.9. The molecule has 0 spiro atoms. The second-order valence-corrected chi connectivity index (χ2v) is 5.20. The Hall–Kier alpha value is -0.320. The molecule has 1 aliphatic heterocycles. The molecule has 0 saturated carbocycles. The van der Waals surface area contributed by atoms with Gasteiger partial charge in [-0.15, -0.1) is 0 Å². The van der Waals surface area contributed by atoms with Crippen LogP contribution >= 0.6 is 27.5 Å². The van der Waals surface area contributed by atoms with E-state index in [1.54, 1.807) is 6.20 Å². The average molecular weight is 291 g/mol. The highest BCUT2D eigenvalue weighted by Gasteiger charge is 2.20. The molecular weight excluding hydrogens is 277 g/mol. The number of likely N-dealkylation sites (N-methyl/N-ethyl adjacent to an activating group) is 1. The van der Waals surface area contributed by atoms with Crippen molar-refractivity contribution in [3.63, 3.8) is 0 Å². The summed E-state index contributed by atoms with van der Waals surface area (Å²) in [5.41, 5.74) is 0. The topological polar surface area (TPSA) is 28.2 Å². The van der Waals surface area contributed by atoms with Crippen LogP contribution in [0, 0.1) is 0 Å². The highest BCUT2D eigenvalue weighted by atomic mass is 79.9. The number of halogens is 2. The lowest BCUT2D eigenvalue weighted by Crippen LogP contribution is -2.24. The van der Waals surface area contributed by atoms with Gasteiger partial charge in [0.1, 0.15) is 5.82 Å². The van der Waals surface area contributed by atoms with Crippen molar-refractivity contribution in [1.29, 1.82) is 0 Å². The fourth-order valence-corrected chi connectivity index (χ4v) is 2.45. The Labute approximate surface area is 103 Å². The highest BCUT2D eigenvalue weighted by molar-refractivity contribution is 9.10. The molecule has 15 heavy (non-hydrogen) atoms. The van der Waals surface area contributed by atoms with Crippen molar-refractivity contribution in [3.05, 3.63) is 21.8 Å². The Bertz CT molecular complexity index is 359. The first kappa shape index (κ1) is 11.2. The Morgan fingerprint density at radius 3 is 3.07 bits per heavy atom. The van der Waals surface area contributed by atoms with E-state index in [1.165, 1.54) is 0 Å². The lowest BCUT2D eigenvalue weighted by molar-refractivity contribution is 0.414. The zero-order valence-electron chi connectivity index (χ0n) is 8.50. The van der Waals surface area contributed by atoms with Crippen LogP contribution in [0.15, 0.2) is 16.7 Å². The summed E-state index contributed by atoms with van der Waals surface area (Å²) >= 11 is 9.41. The highest BCUT2D eigenvalue weighted by Crippen LogP contribution is 2.24. The Morgan fingerprint density at radius 2 is 2.47 bits per heavy atom. The van der Waals surface area contributed by atoms with Gasteiger partial charge in [-0.1, -0.05) is 11.6 Å². The van der Waals surface area contributed by atoms with Crippen LogP contribution in [0.1, 0.15) is 6.42 Å². The quantitative estimate of drug-likeness (QED) is 0.907. The van der Waals surface area contributed by atoms with Gasteiger partial charge in [0.25, 0.3) is 0 Å². The van der Waals surface area contributed by atoms with Crippen molar-refractivity contribution in [2.75, 3.05) is 25.5 Å². The van der Waals surface area contributed by atoms with Crippen LogP contribution in [0.25, 0.3) is 0 Å². The first-order valence-electron chi connectivity index (χ1n) is 4.91. The minimum Gasteiger partial charge on any atom is -0.365 e. The molecule has 0 aromatic carbocycles. The summed E-state index contributed by atoms with van der Waals surface area (Å²) in [6.45, 7) is 2.18. The minimum absolute atomic E-state index is 0.459. The van der Waals surface area contributed by atoms with Crippen LogP contribution in [0.2, 0.25) is 5.02 Å². The van der Waals surface area contributed by atoms with Gasteiger partial charge in [-0.05, 0) is 42.0 Å². The van der Waals surface area contributed by atoms with E-state index in [9.17, 15) is 0 Å². The van der Waals surface area contributed by atoms with Gasteiger partial charge >= 0.3 is 0 Å². The van der Waals surface area contributed by atoms with Crippen molar-refractivity contribution in [2.45, 2.75) is 12.5 Å². The van der Waals surface area contributed by atoms with Gasteiger partial charge in [0.15, 0.2) is 0 Å². The Kier molecular flexibility index (Phi) is 3.49.